The topological polar surface area (TPSA) is 134 Å². The van der Waals surface area contributed by atoms with E-state index in [2.05, 4.69) is 17.2 Å². The Morgan fingerprint density at radius 2 is 1.74 bits per heavy atom. The highest BCUT2D eigenvalue weighted by atomic mass is 16.6. The number of fused-ring (bicyclic) bond motifs is 1. The summed E-state index contributed by atoms with van der Waals surface area (Å²) in [6, 6.07) is 11.4. The second kappa shape index (κ2) is 11.3. The number of aliphatic carboxylic acids is 1. The van der Waals surface area contributed by atoms with Crippen molar-refractivity contribution in [2.24, 2.45) is 11.3 Å². The number of alkyl carbamates (subject to hydrolysis) is 1. The molecule has 1 heterocycles. The number of amides is 3. The first-order valence-corrected chi connectivity index (χ1v) is 14.2. The zero-order valence-electron chi connectivity index (χ0n) is 25.1. The molecule has 2 aromatic carbocycles. The Labute approximate surface area is 246 Å². The summed E-state index contributed by atoms with van der Waals surface area (Å²) in [5.74, 6) is -2.04. The van der Waals surface area contributed by atoms with E-state index in [0.29, 0.717) is 5.75 Å². The summed E-state index contributed by atoms with van der Waals surface area (Å²) in [6.45, 7) is 14.3. The fourth-order valence-electron chi connectivity index (χ4n) is 5.41. The number of rotatable bonds is 8. The minimum Gasteiger partial charge on any atom is -0.488 e. The molecule has 3 amide bonds. The number of hydrogen-bond donors (Lipinski definition) is 3. The van der Waals surface area contributed by atoms with Crippen molar-refractivity contribution >= 4 is 34.6 Å². The van der Waals surface area contributed by atoms with Gasteiger partial charge in [0.15, 0.2) is 0 Å². The Bertz CT molecular complexity index is 1390. The number of ether oxygens (including phenoxy) is 2. The van der Waals surface area contributed by atoms with E-state index >= 15 is 0 Å². The van der Waals surface area contributed by atoms with Gasteiger partial charge in [-0.3, -0.25) is 9.59 Å². The minimum atomic E-state index is -1.46. The maximum atomic E-state index is 14.1. The van der Waals surface area contributed by atoms with E-state index in [-0.39, 0.29) is 19.4 Å². The number of hydrogen-bond acceptors (Lipinski definition) is 6. The van der Waals surface area contributed by atoms with E-state index in [4.69, 9.17) is 9.47 Å². The molecule has 1 saturated heterocycles. The molecule has 0 spiro atoms. The van der Waals surface area contributed by atoms with Crippen LogP contribution in [0.15, 0.2) is 55.1 Å². The van der Waals surface area contributed by atoms with Gasteiger partial charge in [-0.1, -0.05) is 63.2 Å². The number of benzene rings is 2. The van der Waals surface area contributed by atoms with Crippen molar-refractivity contribution in [1.29, 1.82) is 0 Å². The molecule has 5 atom stereocenters. The molecule has 10 heteroatoms. The lowest BCUT2D eigenvalue weighted by Crippen LogP contribution is -2.59. The molecule has 0 radical (unpaired) electrons. The summed E-state index contributed by atoms with van der Waals surface area (Å²) >= 11 is 0. The van der Waals surface area contributed by atoms with E-state index in [1.54, 1.807) is 41.5 Å². The monoisotopic (exact) mass is 579 g/mol. The first-order chi connectivity index (χ1) is 19.6. The van der Waals surface area contributed by atoms with Gasteiger partial charge >= 0.3 is 12.1 Å². The van der Waals surface area contributed by atoms with Gasteiger partial charge in [0, 0.05) is 17.7 Å². The molecule has 226 valence electrons. The lowest BCUT2D eigenvalue weighted by Gasteiger charge is -2.35. The molecule has 2 aliphatic rings. The van der Waals surface area contributed by atoms with Crippen molar-refractivity contribution in [1.82, 2.24) is 15.5 Å². The zero-order valence-corrected chi connectivity index (χ0v) is 25.1. The summed E-state index contributed by atoms with van der Waals surface area (Å²) in [6.07, 6.45) is 0.556. The maximum absolute atomic E-state index is 14.1. The Hall–Kier alpha value is -4.08. The number of nitrogens with one attached hydrogen (secondary N) is 2. The van der Waals surface area contributed by atoms with Crippen molar-refractivity contribution in [3.63, 3.8) is 0 Å². The number of carboxylic acids is 1. The molecule has 1 aliphatic carbocycles. The molecule has 1 saturated carbocycles. The Morgan fingerprint density at radius 3 is 2.33 bits per heavy atom. The van der Waals surface area contributed by atoms with Crippen LogP contribution in [0.25, 0.3) is 10.8 Å². The van der Waals surface area contributed by atoms with Crippen LogP contribution in [-0.2, 0) is 19.1 Å². The van der Waals surface area contributed by atoms with Gasteiger partial charge in [-0.05, 0) is 44.1 Å². The zero-order chi connectivity index (χ0) is 31.0. The third kappa shape index (κ3) is 6.53. The lowest BCUT2D eigenvalue weighted by atomic mass is 9.85. The molecule has 2 aromatic rings. The van der Waals surface area contributed by atoms with Crippen molar-refractivity contribution in [2.45, 2.75) is 83.7 Å². The highest BCUT2D eigenvalue weighted by Crippen LogP contribution is 2.45. The molecule has 3 N–H and O–H groups in total. The average molecular weight is 580 g/mol. The van der Waals surface area contributed by atoms with Crippen LogP contribution in [0.3, 0.4) is 0 Å². The van der Waals surface area contributed by atoms with Crippen LogP contribution in [0.4, 0.5) is 4.79 Å². The number of carbonyl (C=O) groups excluding carboxylic acids is 3. The summed E-state index contributed by atoms with van der Waals surface area (Å²) in [5.41, 5.74) is -2.98. The molecule has 0 bridgehead atoms. The smallest absolute Gasteiger partial charge is 0.408 e. The molecule has 4 rings (SSSR count). The fourth-order valence-corrected chi connectivity index (χ4v) is 5.41. The molecule has 10 nitrogen and oxygen atoms in total. The Balaban J connectivity index is 1.64. The standard InChI is InChI=1S/C32H41N3O7/c1-8-20-17-32(20,28(38)39)34-26(36)23-16-21(41-24-15-11-13-19-12-9-10-14-22(19)24)18-35(23)27(37)25(30(2,3)4)33-29(40)42-31(5,6)7/h8-15,20-21,23,25H,1,16-18H2,2-7H3,(H,33,40)(H,34,36)(H,38,39)/t20-,21+,23-,25+,32-/m0/s1. The van der Waals surface area contributed by atoms with Gasteiger partial charge in [-0.2, -0.15) is 0 Å². The maximum Gasteiger partial charge on any atom is 0.408 e. The summed E-state index contributed by atoms with van der Waals surface area (Å²) in [7, 11) is 0. The van der Waals surface area contributed by atoms with Gasteiger partial charge in [0.25, 0.3) is 0 Å². The molecular formula is C32H41N3O7. The summed E-state index contributed by atoms with van der Waals surface area (Å²) in [4.78, 5) is 54.1. The van der Waals surface area contributed by atoms with Crippen LogP contribution in [0, 0.1) is 11.3 Å². The predicted molar refractivity (Wildman–Crippen MR) is 158 cm³/mol. The van der Waals surface area contributed by atoms with Crippen molar-refractivity contribution < 1.29 is 33.8 Å². The third-order valence-corrected chi connectivity index (χ3v) is 7.69. The number of likely N-dealkylation sites (tertiary alicyclic amines) is 1. The number of carboxylic acid groups (broad SMARTS) is 1. The number of carbonyl (C=O) groups is 4. The van der Waals surface area contributed by atoms with E-state index in [0.717, 1.165) is 10.8 Å². The van der Waals surface area contributed by atoms with Crippen LogP contribution < -0.4 is 15.4 Å². The molecule has 2 fully saturated rings. The van der Waals surface area contributed by atoms with E-state index in [9.17, 15) is 24.3 Å². The van der Waals surface area contributed by atoms with E-state index in [1.807, 2.05) is 42.5 Å². The van der Waals surface area contributed by atoms with E-state index < -0.39 is 64.5 Å². The quantitative estimate of drug-likeness (QED) is 0.398. The average Bonchev–Trinajstić information content (AvgIpc) is 3.45. The fraction of sp³-hybridized carbons (Fsp3) is 0.500. The van der Waals surface area contributed by atoms with Gasteiger partial charge in [-0.25, -0.2) is 9.59 Å². The normalized spacial score (nSPS) is 24.4. The Morgan fingerprint density at radius 1 is 1.07 bits per heavy atom. The minimum absolute atomic E-state index is 0.0632. The molecule has 1 aliphatic heterocycles. The second-order valence-electron chi connectivity index (χ2n) is 13.2. The number of nitrogens with zero attached hydrogens (tertiary/aromatic N) is 1. The predicted octanol–water partition coefficient (Wildman–Crippen LogP) is 4.27. The highest BCUT2D eigenvalue weighted by Gasteiger charge is 2.61. The SMILES string of the molecule is C=C[C@H]1C[C@@]1(NC(=O)[C@@H]1C[C@@H](Oc2cccc3ccccc23)CN1C(=O)[C@@H](NC(=O)OC(C)(C)C)C(C)(C)C)C(=O)O. The first kappa shape index (κ1) is 30.9. The van der Waals surface area contributed by atoms with Crippen LogP contribution in [0.1, 0.15) is 54.4 Å². The van der Waals surface area contributed by atoms with Crippen LogP contribution in [0.5, 0.6) is 5.75 Å². The molecule has 0 aromatic heterocycles. The van der Waals surface area contributed by atoms with Gasteiger partial charge in [0.2, 0.25) is 11.8 Å². The van der Waals surface area contributed by atoms with E-state index in [1.165, 1.54) is 11.0 Å². The van der Waals surface area contributed by atoms with Crippen LogP contribution >= 0.6 is 0 Å². The molecular weight excluding hydrogens is 538 g/mol. The van der Waals surface area contributed by atoms with Crippen molar-refractivity contribution in [3.8, 4) is 5.75 Å². The van der Waals surface area contributed by atoms with Gasteiger partial charge in [0.1, 0.15) is 35.1 Å². The highest BCUT2D eigenvalue weighted by molar-refractivity contribution is 5.96. The third-order valence-electron chi connectivity index (χ3n) is 7.69. The second-order valence-corrected chi connectivity index (χ2v) is 13.2. The van der Waals surface area contributed by atoms with Gasteiger partial charge in [-0.15, -0.1) is 6.58 Å². The molecule has 0 unspecified atom stereocenters. The van der Waals surface area contributed by atoms with Crippen LogP contribution in [-0.4, -0.2) is 69.8 Å². The summed E-state index contributed by atoms with van der Waals surface area (Å²) in [5, 5.41) is 17.1. The Kier molecular flexibility index (Phi) is 8.31. The van der Waals surface area contributed by atoms with Crippen molar-refractivity contribution in [2.75, 3.05) is 6.54 Å². The van der Waals surface area contributed by atoms with Crippen LogP contribution in [0.2, 0.25) is 0 Å². The van der Waals surface area contributed by atoms with Gasteiger partial charge in [0.05, 0.1) is 6.54 Å². The largest absolute Gasteiger partial charge is 0.488 e. The first-order valence-electron chi connectivity index (χ1n) is 14.2. The summed E-state index contributed by atoms with van der Waals surface area (Å²) < 4.78 is 11.8. The van der Waals surface area contributed by atoms with Crippen molar-refractivity contribution in [3.05, 3.63) is 55.1 Å². The van der Waals surface area contributed by atoms with Gasteiger partial charge < -0.3 is 30.1 Å². The molecule has 42 heavy (non-hydrogen) atoms. The lowest BCUT2D eigenvalue weighted by molar-refractivity contribution is -0.146.